The number of non-ortho nitro benzene ring substituents is 1. The normalized spacial score (nSPS) is 11.8. The predicted octanol–water partition coefficient (Wildman–Crippen LogP) is 2.79. The van der Waals surface area contributed by atoms with Crippen LogP contribution in [-0.4, -0.2) is 15.8 Å². The van der Waals surface area contributed by atoms with Crippen molar-refractivity contribution in [1.29, 1.82) is 0 Å². The average Bonchev–Trinajstić information content (AvgIpc) is 2.90. The molecule has 1 aromatic heterocycles. The van der Waals surface area contributed by atoms with Crippen molar-refractivity contribution in [2.24, 2.45) is 0 Å². The summed E-state index contributed by atoms with van der Waals surface area (Å²) in [5.74, 6) is -0.589. The number of nitro groups is 1. The molecule has 0 saturated heterocycles. The van der Waals surface area contributed by atoms with Crippen molar-refractivity contribution < 1.29 is 9.72 Å². The number of carbonyl (C=O) groups is 1. The molecule has 0 aliphatic rings. The first-order valence-electron chi connectivity index (χ1n) is 5.52. The first-order chi connectivity index (χ1) is 9.08. The second-order valence-electron chi connectivity index (χ2n) is 3.90. The number of nitro benzene ring substituents is 1. The summed E-state index contributed by atoms with van der Waals surface area (Å²) >= 11 is 1.34. The molecule has 1 aromatic carbocycles. The zero-order valence-corrected chi connectivity index (χ0v) is 10.9. The summed E-state index contributed by atoms with van der Waals surface area (Å²) in [5.41, 5.74) is 0.732. The van der Waals surface area contributed by atoms with Gasteiger partial charge in [-0.3, -0.25) is 14.9 Å². The van der Waals surface area contributed by atoms with Crippen molar-refractivity contribution in [1.82, 2.24) is 4.98 Å². The quantitative estimate of drug-likeness (QED) is 0.687. The Bertz CT molecular complexity index is 581. The van der Waals surface area contributed by atoms with E-state index in [0.29, 0.717) is 5.13 Å². The van der Waals surface area contributed by atoms with Crippen LogP contribution >= 0.6 is 11.3 Å². The molecule has 19 heavy (non-hydrogen) atoms. The largest absolute Gasteiger partial charge is 0.301 e. The molecule has 0 unspecified atom stereocenters. The molecule has 98 valence electrons. The molecular weight excluding hydrogens is 266 g/mol. The SMILES string of the molecule is C[C@@H](C(=O)Nc1nccs1)c1ccc([N+](=O)[O-])cc1. The molecule has 0 radical (unpaired) electrons. The molecule has 0 bridgehead atoms. The summed E-state index contributed by atoms with van der Waals surface area (Å²) in [5, 5.41) is 15.5. The van der Waals surface area contributed by atoms with Crippen molar-refractivity contribution in [3.05, 3.63) is 51.5 Å². The highest BCUT2D eigenvalue weighted by molar-refractivity contribution is 7.13. The second kappa shape index (κ2) is 5.57. The Morgan fingerprint density at radius 3 is 2.63 bits per heavy atom. The highest BCUT2D eigenvalue weighted by Crippen LogP contribution is 2.21. The van der Waals surface area contributed by atoms with E-state index >= 15 is 0 Å². The molecule has 0 aliphatic heterocycles. The van der Waals surface area contributed by atoms with E-state index in [1.807, 2.05) is 0 Å². The molecule has 6 nitrogen and oxygen atoms in total. The van der Waals surface area contributed by atoms with E-state index in [9.17, 15) is 14.9 Å². The molecule has 7 heteroatoms. The molecule has 0 saturated carbocycles. The minimum absolute atomic E-state index is 0.0104. The molecule has 1 N–H and O–H groups in total. The lowest BCUT2D eigenvalue weighted by Gasteiger charge is -2.10. The third kappa shape index (κ3) is 3.14. The first kappa shape index (κ1) is 13.2. The lowest BCUT2D eigenvalue weighted by atomic mass is 10.0. The van der Waals surface area contributed by atoms with Gasteiger partial charge in [0.25, 0.3) is 5.69 Å². The third-order valence-electron chi connectivity index (χ3n) is 2.66. The maximum atomic E-state index is 12.0. The Morgan fingerprint density at radius 1 is 1.42 bits per heavy atom. The average molecular weight is 277 g/mol. The van der Waals surface area contributed by atoms with Crippen molar-refractivity contribution >= 4 is 28.1 Å². The molecule has 0 fully saturated rings. The summed E-state index contributed by atoms with van der Waals surface area (Å²) in [6.45, 7) is 1.74. The van der Waals surface area contributed by atoms with Crippen LogP contribution in [0.4, 0.5) is 10.8 Å². The maximum absolute atomic E-state index is 12.0. The highest BCUT2D eigenvalue weighted by atomic mass is 32.1. The van der Waals surface area contributed by atoms with Crippen molar-refractivity contribution in [3.63, 3.8) is 0 Å². The van der Waals surface area contributed by atoms with E-state index in [2.05, 4.69) is 10.3 Å². The standard InChI is InChI=1S/C12H11N3O3S/c1-8(11(16)14-12-13-6-7-19-12)9-2-4-10(5-3-9)15(17)18/h2-8H,1H3,(H,13,14,16)/t8-/m1/s1. The van der Waals surface area contributed by atoms with E-state index in [-0.39, 0.29) is 11.6 Å². The van der Waals surface area contributed by atoms with Gasteiger partial charge >= 0.3 is 0 Å². The van der Waals surface area contributed by atoms with Crippen LogP contribution in [0.3, 0.4) is 0 Å². The number of amides is 1. The third-order valence-corrected chi connectivity index (χ3v) is 3.35. The summed E-state index contributed by atoms with van der Waals surface area (Å²) in [6, 6.07) is 5.96. The summed E-state index contributed by atoms with van der Waals surface area (Å²) < 4.78 is 0. The number of nitrogens with zero attached hydrogens (tertiary/aromatic N) is 2. The summed E-state index contributed by atoms with van der Waals surface area (Å²) in [6.07, 6.45) is 1.61. The zero-order chi connectivity index (χ0) is 13.8. The van der Waals surface area contributed by atoms with Crippen molar-refractivity contribution in [2.75, 3.05) is 5.32 Å². The number of nitrogens with one attached hydrogen (secondary N) is 1. The number of hydrogen-bond donors (Lipinski definition) is 1. The number of thiazole rings is 1. The summed E-state index contributed by atoms with van der Waals surface area (Å²) in [7, 11) is 0. The van der Waals surface area contributed by atoms with Crippen LogP contribution in [0.1, 0.15) is 18.4 Å². The highest BCUT2D eigenvalue weighted by Gasteiger charge is 2.17. The van der Waals surface area contributed by atoms with Gasteiger partial charge in [0.05, 0.1) is 10.8 Å². The minimum Gasteiger partial charge on any atom is -0.301 e. The van der Waals surface area contributed by atoms with Gasteiger partial charge in [-0.1, -0.05) is 12.1 Å². The number of aromatic nitrogens is 1. The molecule has 2 rings (SSSR count). The molecule has 1 atom stereocenters. The fraction of sp³-hybridized carbons (Fsp3) is 0.167. The Balaban J connectivity index is 2.08. The monoisotopic (exact) mass is 277 g/mol. The van der Waals surface area contributed by atoms with Crippen LogP contribution in [0.2, 0.25) is 0 Å². The van der Waals surface area contributed by atoms with Gasteiger partial charge in [0.1, 0.15) is 0 Å². The number of hydrogen-bond acceptors (Lipinski definition) is 5. The Hall–Kier alpha value is -2.28. The topological polar surface area (TPSA) is 85.1 Å². The maximum Gasteiger partial charge on any atom is 0.269 e. The molecule has 2 aromatic rings. The van der Waals surface area contributed by atoms with E-state index in [1.165, 1.54) is 23.5 Å². The fourth-order valence-electron chi connectivity index (χ4n) is 1.53. The first-order valence-corrected chi connectivity index (χ1v) is 6.40. The van der Waals surface area contributed by atoms with Gasteiger partial charge in [-0.25, -0.2) is 4.98 Å². The number of anilines is 1. The van der Waals surface area contributed by atoms with Crippen LogP contribution in [0.15, 0.2) is 35.8 Å². The molecule has 1 heterocycles. The second-order valence-corrected chi connectivity index (χ2v) is 4.79. The smallest absolute Gasteiger partial charge is 0.269 e. The molecule has 1 amide bonds. The number of rotatable bonds is 4. The van der Waals surface area contributed by atoms with Gasteiger partial charge in [-0.05, 0) is 12.5 Å². The Labute approximate surface area is 113 Å². The van der Waals surface area contributed by atoms with Gasteiger partial charge < -0.3 is 5.32 Å². The van der Waals surface area contributed by atoms with Gasteiger partial charge in [0.2, 0.25) is 5.91 Å². The lowest BCUT2D eigenvalue weighted by Crippen LogP contribution is -2.18. The van der Waals surface area contributed by atoms with Gasteiger partial charge in [-0.15, -0.1) is 11.3 Å². The van der Waals surface area contributed by atoms with Crippen LogP contribution < -0.4 is 5.32 Å². The van der Waals surface area contributed by atoms with Crippen LogP contribution in [-0.2, 0) is 4.79 Å². The van der Waals surface area contributed by atoms with Crippen LogP contribution in [0, 0.1) is 10.1 Å². The van der Waals surface area contributed by atoms with E-state index in [0.717, 1.165) is 5.56 Å². The molecule has 0 spiro atoms. The fourth-order valence-corrected chi connectivity index (χ4v) is 2.07. The molecule has 0 aliphatic carbocycles. The van der Waals surface area contributed by atoms with Crippen LogP contribution in [0.25, 0.3) is 0 Å². The van der Waals surface area contributed by atoms with Crippen molar-refractivity contribution in [2.45, 2.75) is 12.8 Å². The van der Waals surface area contributed by atoms with Crippen molar-refractivity contribution in [3.8, 4) is 0 Å². The van der Waals surface area contributed by atoms with Gasteiger partial charge in [0, 0.05) is 23.7 Å². The Morgan fingerprint density at radius 2 is 2.11 bits per heavy atom. The van der Waals surface area contributed by atoms with Crippen LogP contribution in [0.5, 0.6) is 0 Å². The summed E-state index contributed by atoms with van der Waals surface area (Å²) in [4.78, 5) is 26.0. The van der Waals surface area contributed by atoms with Gasteiger partial charge in [-0.2, -0.15) is 0 Å². The van der Waals surface area contributed by atoms with E-state index < -0.39 is 10.8 Å². The van der Waals surface area contributed by atoms with E-state index in [4.69, 9.17) is 0 Å². The van der Waals surface area contributed by atoms with Gasteiger partial charge in [0.15, 0.2) is 5.13 Å². The molecular formula is C12H11N3O3S. The zero-order valence-electron chi connectivity index (χ0n) is 10.1. The lowest BCUT2D eigenvalue weighted by molar-refractivity contribution is -0.384. The Kier molecular flexibility index (Phi) is 3.86. The number of benzene rings is 1. The predicted molar refractivity (Wildman–Crippen MR) is 72.3 cm³/mol. The van der Waals surface area contributed by atoms with E-state index in [1.54, 1.807) is 30.6 Å². The number of carbonyl (C=O) groups excluding carboxylic acids is 1. The minimum atomic E-state index is -0.468.